The van der Waals surface area contributed by atoms with E-state index in [1.54, 1.807) is 0 Å². The predicted molar refractivity (Wildman–Crippen MR) is 226 cm³/mol. The van der Waals surface area contributed by atoms with Crippen LogP contribution in [0.2, 0.25) is 0 Å². The summed E-state index contributed by atoms with van der Waals surface area (Å²) in [6.07, 6.45) is 8.53. The van der Waals surface area contributed by atoms with Crippen molar-refractivity contribution in [2.24, 2.45) is 0 Å². The molecule has 3 heterocycles. The van der Waals surface area contributed by atoms with Crippen molar-refractivity contribution >= 4 is 44.6 Å². The van der Waals surface area contributed by atoms with Gasteiger partial charge in [0.25, 0.3) is 0 Å². The Balaban J connectivity index is 1.06. The SMILES string of the molecule is CC(C)c1ccnc(-n2c3ccccc3c3ccc(Oc4cccc(N5CN(c6cc(C7CCCCC7)cc(C(C)(C)C)c6)c6ccccc65)c4)cc32)c1. The minimum absolute atomic E-state index is 0.0655. The summed E-state index contributed by atoms with van der Waals surface area (Å²) in [7, 11) is 0. The van der Waals surface area contributed by atoms with Crippen molar-refractivity contribution in [1.29, 1.82) is 0 Å². The standard InChI is InChI=1S/C49H50N4O/c1-33(2)35-24-25-50-48(28-35)53-44-19-10-9-18-42(44)43-23-22-41(31-47(43)53)54-40-17-13-16-38(30-40)51-32-52(46-21-12-11-20-45(46)51)39-27-36(34-14-7-6-8-15-34)26-37(29-39)49(3,4)5/h9-13,16-31,33-34H,6-8,14-15,32H2,1-5H3. The molecule has 1 fully saturated rings. The normalized spacial score (nSPS) is 15.1. The van der Waals surface area contributed by atoms with E-state index in [0.29, 0.717) is 11.8 Å². The molecule has 5 heteroatoms. The number of rotatable bonds is 7. The molecule has 54 heavy (non-hydrogen) atoms. The molecule has 5 nitrogen and oxygen atoms in total. The summed E-state index contributed by atoms with van der Waals surface area (Å²) in [5.74, 6) is 3.57. The molecule has 2 aliphatic rings. The Morgan fingerprint density at radius 2 is 1.37 bits per heavy atom. The summed E-state index contributed by atoms with van der Waals surface area (Å²) < 4.78 is 8.96. The van der Waals surface area contributed by atoms with Gasteiger partial charge in [-0.15, -0.1) is 0 Å². The van der Waals surface area contributed by atoms with Crippen LogP contribution in [0.5, 0.6) is 11.5 Å². The van der Waals surface area contributed by atoms with Crippen LogP contribution in [-0.2, 0) is 5.41 Å². The molecule has 1 saturated carbocycles. The maximum absolute atomic E-state index is 6.70. The van der Waals surface area contributed by atoms with Gasteiger partial charge in [-0.2, -0.15) is 0 Å². The molecule has 7 aromatic rings. The minimum atomic E-state index is 0.0655. The molecular weight excluding hydrogens is 661 g/mol. The van der Waals surface area contributed by atoms with E-state index in [4.69, 9.17) is 9.72 Å². The van der Waals surface area contributed by atoms with Gasteiger partial charge in [0, 0.05) is 40.5 Å². The number of pyridine rings is 1. The van der Waals surface area contributed by atoms with Gasteiger partial charge >= 0.3 is 0 Å². The van der Waals surface area contributed by atoms with Crippen molar-refractivity contribution in [2.75, 3.05) is 16.5 Å². The molecule has 0 amide bonds. The number of nitrogens with zero attached hydrogens (tertiary/aromatic N) is 4. The number of para-hydroxylation sites is 3. The number of hydrogen-bond donors (Lipinski definition) is 0. The van der Waals surface area contributed by atoms with Gasteiger partial charge in [-0.25, -0.2) is 4.98 Å². The van der Waals surface area contributed by atoms with Gasteiger partial charge in [-0.1, -0.05) is 96.3 Å². The molecule has 0 saturated heterocycles. The molecule has 0 bridgehead atoms. The van der Waals surface area contributed by atoms with E-state index >= 15 is 0 Å². The molecule has 1 aliphatic heterocycles. The van der Waals surface area contributed by atoms with Crippen LogP contribution in [0.3, 0.4) is 0 Å². The second-order valence-electron chi connectivity index (χ2n) is 16.6. The van der Waals surface area contributed by atoms with Gasteiger partial charge in [0.1, 0.15) is 24.0 Å². The molecule has 272 valence electrons. The van der Waals surface area contributed by atoms with Gasteiger partial charge in [0.2, 0.25) is 0 Å². The first kappa shape index (κ1) is 34.2. The quantitative estimate of drug-likeness (QED) is 0.165. The minimum Gasteiger partial charge on any atom is -0.457 e. The fourth-order valence-electron chi connectivity index (χ4n) is 8.58. The molecule has 0 radical (unpaired) electrons. The molecule has 0 N–H and O–H groups in total. The van der Waals surface area contributed by atoms with Crippen LogP contribution in [0.4, 0.5) is 22.7 Å². The molecule has 0 atom stereocenters. The lowest BCUT2D eigenvalue weighted by Crippen LogP contribution is -2.25. The molecule has 0 spiro atoms. The van der Waals surface area contributed by atoms with Crippen LogP contribution in [0.1, 0.15) is 95.2 Å². The van der Waals surface area contributed by atoms with Gasteiger partial charge in [-0.05, 0) is 114 Å². The third-order valence-corrected chi connectivity index (χ3v) is 11.6. The Kier molecular flexibility index (Phi) is 8.68. The van der Waals surface area contributed by atoms with E-state index in [-0.39, 0.29) is 5.41 Å². The summed E-state index contributed by atoms with van der Waals surface area (Å²) in [5, 5.41) is 2.38. The maximum atomic E-state index is 6.70. The van der Waals surface area contributed by atoms with E-state index in [0.717, 1.165) is 40.7 Å². The van der Waals surface area contributed by atoms with Gasteiger partial charge in [-0.3, -0.25) is 4.57 Å². The van der Waals surface area contributed by atoms with E-state index in [2.05, 4.69) is 170 Å². The molecule has 9 rings (SSSR count). The molecule has 0 unspecified atom stereocenters. The van der Waals surface area contributed by atoms with Crippen molar-refractivity contribution in [3.63, 3.8) is 0 Å². The number of hydrogen-bond acceptors (Lipinski definition) is 4. The summed E-state index contributed by atoms with van der Waals surface area (Å²) in [4.78, 5) is 9.75. The van der Waals surface area contributed by atoms with E-state index in [1.165, 1.54) is 76.6 Å². The van der Waals surface area contributed by atoms with Crippen LogP contribution in [-0.4, -0.2) is 16.2 Å². The van der Waals surface area contributed by atoms with Crippen molar-refractivity contribution in [1.82, 2.24) is 9.55 Å². The van der Waals surface area contributed by atoms with Gasteiger partial charge in [0.05, 0.1) is 22.4 Å². The Labute approximate surface area is 319 Å². The second kappa shape index (κ2) is 13.7. The number of fused-ring (bicyclic) bond motifs is 4. The van der Waals surface area contributed by atoms with Crippen molar-refractivity contribution in [2.45, 2.75) is 84.0 Å². The molecule has 5 aromatic carbocycles. The Hall–Kier alpha value is -5.55. The van der Waals surface area contributed by atoms with Crippen LogP contribution in [0.15, 0.2) is 128 Å². The number of benzene rings is 5. The lowest BCUT2D eigenvalue weighted by Gasteiger charge is -2.29. The zero-order valence-corrected chi connectivity index (χ0v) is 32.2. The third-order valence-electron chi connectivity index (χ3n) is 11.6. The Morgan fingerprint density at radius 3 is 2.15 bits per heavy atom. The van der Waals surface area contributed by atoms with Crippen molar-refractivity contribution < 1.29 is 4.74 Å². The first-order chi connectivity index (χ1) is 26.2. The predicted octanol–water partition coefficient (Wildman–Crippen LogP) is 13.7. The van der Waals surface area contributed by atoms with E-state index < -0.39 is 0 Å². The molecule has 1 aliphatic carbocycles. The molecule has 2 aromatic heterocycles. The molecular formula is C49H50N4O. The van der Waals surface area contributed by atoms with Crippen LogP contribution in [0.25, 0.3) is 27.6 Å². The lowest BCUT2D eigenvalue weighted by molar-refractivity contribution is 0.442. The summed E-state index contributed by atoms with van der Waals surface area (Å²) >= 11 is 0. The fraction of sp³-hybridized carbons (Fsp3) is 0.286. The largest absolute Gasteiger partial charge is 0.457 e. The van der Waals surface area contributed by atoms with Crippen molar-refractivity contribution in [3.8, 4) is 17.3 Å². The monoisotopic (exact) mass is 710 g/mol. The second-order valence-corrected chi connectivity index (χ2v) is 16.6. The Morgan fingerprint density at radius 1 is 0.648 bits per heavy atom. The first-order valence-corrected chi connectivity index (χ1v) is 19.8. The van der Waals surface area contributed by atoms with Crippen LogP contribution in [0, 0.1) is 0 Å². The summed E-state index contributed by atoms with van der Waals surface area (Å²) in [6.45, 7) is 12.2. The number of aromatic nitrogens is 2. The highest BCUT2D eigenvalue weighted by Crippen LogP contribution is 2.47. The highest BCUT2D eigenvalue weighted by Gasteiger charge is 2.30. The number of ether oxygens (including phenoxy) is 1. The van der Waals surface area contributed by atoms with Crippen LogP contribution < -0.4 is 14.5 Å². The topological polar surface area (TPSA) is 33.5 Å². The maximum Gasteiger partial charge on any atom is 0.137 e. The van der Waals surface area contributed by atoms with Gasteiger partial charge < -0.3 is 14.5 Å². The third kappa shape index (κ3) is 6.30. The van der Waals surface area contributed by atoms with Crippen LogP contribution >= 0.6 is 0 Å². The smallest absolute Gasteiger partial charge is 0.137 e. The van der Waals surface area contributed by atoms with E-state index in [1.807, 2.05) is 6.20 Å². The first-order valence-electron chi connectivity index (χ1n) is 19.8. The summed E-state index contributed by atoms with van der Waals surface area (Å²) in [6, 6.07) is 44.1. The highest BCUT2D eigenvalue weighted by molar-refractivity contribution is 6.09. The summed E-state index contributed by atoms with van der Waals surface area (Å²) in [5.41, 5.74) is 11.3. The zero-order valence-electron chi connectivity index (χ0n) is 32.2. The van der Waals surface area contributed by atoms with Crippen molar-refractivity contribution in [3.05, 3.63) is 144 Å². The number of anilines is 4. The van der Waals surface area contributed by atoms with E-state index in [9.17, 15) is 0 Å². The average molecular weight is 711 g/mol. The Bertz CT molecular complexity index is 2480. The van der Waals surface area contributed by atoms with Gasteiger partial charge in [0.15, 0.2) is 0 Å². The average Bonchev–Trinajstić information content (AvgIpc) is 3.74. The fourth-order valence-corrected chi connectivity index (χ4v) is 8.58. The zero-order chi connectivity index (χ0) is 37.0. The lowest BCUT2D eigenvalue weighted by atomic mass is 9.80. The highest BCUT2D eigenvalue weighted by atomic mass is 16.5.